The van der Waals surface area contributed by atoms with Crippen molar-refractivity contribution in [3.8, 4) is 11.5 Å². The van der Waals surface area contributed by atoms with Crippen molar-refractivity contribution in [2.24, 2.45) is 0 Å². The maximum atomic E-state index is 9.48. The van der Waals surface area contributed by atoms with Crippen LogP contribution in [-0.4, -0.2) is 46.0 Å². The van der Waals surface area contributed by atoms with E-state index in [0.29, 0.717) is 0 Å². The second-order valence-corrected chi connectivity index (χ2v) is 6.16. The van der Waals surface area contributed by atoms with Crippen molar-refractivity contribution in [1.82, 2.24) is 4.90 Å². The van der Waals surface area contributed by atoms with Gasteiger partial charge in [-0.25, -0.2) is 0 Å². The van der Waals surface area contributed by atoms with E-state index in [1.165, 1.54) is 18.6 Å². The first kappa shape index (κ1) is 15.4. The number of phenolic OH excluding ortho intramolecular Hbond substituents is 2. The number of aromatic hydroxyl groups is 2. The second-order valence-electron chi connectivity index (χ2n) is 5.14. The molecule has 1 aliphatic heterocycles. The van der Waals surface area contributed by atoms with Gasteiger partial charge in [0, 0.05) is 17.1 Å². The average Bonchev–Trinajstić information content (AvgIpc) is 2.43. The lowest BCUT2D eigenvalue weighted by Gasteiger charge is -2.34. The number of aliphatic hydroxyl groups is 1. The Morgan fingerprint density at radius 3 is 2.80 bits per heavy atom. The zero-order chi connectivity index (χ0) is 14.5. The lowest BCUT2D eigenvalue weighted by Crippen LogP contribution is -2.42. The van der Waals surface area contributed by atoms with Gasteiger partial charge in [-0.1, -0.05) is 28.4 Å². The topological polar surface area (TPSA) is 63.9 Å². The molecular formula is C15H20BrNO3. The zero-order valence-corrected chi connectivity index (χ0v) is 12.9. The first-order chi connectivity index (χ1) is 9.60. The molecule has 0 bridgehead atoms. The molecule has 0 aliphatic carbocycles. The molecule has 0 spiro atoms. The van der Waals surface area contributed by atoms with Crippen molar-refractivity contribution in [3.05, 3.63) is 28.2 Å². The number of hydrogen-bond donors (Lipinski definition) is 3. The number of nitrogens with zero attached hydrogens (tertiary/aromatic N) is 1. The molecule has 0 amide bonds. The molecule has 4 nitrogen and oxygen atoms in total. The minimum Gasteiger partial charge on any atom is -0.504 e. The van der Waals surface area contributed by atoms with E-state index in [9.17, 15) is 15.3 Å². The van der Waals surface area contributed by atoms with Crippen LogP contribution in [0.3, 0.4) is 0 Å². The molecule has 1 saturated heterocycles. The molecule has 1 aromatic rings. The first-order valence-corrected chi connectivity index (χ1v) is 7.62. The van der Waals surface area contributed by atoms with Crippen LogP contribution in [0, 0.1) is 0 Å². The largest absolute Gasteiger partial charge is 0.504 e. The van der Waals surface area contributed by atoms with Gasteiger partial charge in [0.25, 0.3) is 0 Å². The molecule has 20 heavy (non-hydrogen) atoms. The zero-order valence-electron chi connectivity index (χ0n) is 11.3. The molecule has 1 atom stereocenters. The van der Waals surface area contributed by atoms with Crippen molar-refractivity contribution in [2.75, 3.05) is 19.7 Å². The number of phenols is 2. The van der Waals surface area contributed by atoms with Gasteiger partial charge < -0.3 is 15.3 Å². The molecule has 0 aromatic heterocycles. The minimum absolute atomic E-state index is 0.116. The van der Waals surface area contributed by atoms with Crippen molar-refractivity contribution in [2.45, 2.75) is 25.3 Å². The van der Waals surface area contributed by atoms with Gasteiger partial charge in [0.15, 0.2) is 11.5 Å². The third-order valence-corrected chi connectivity index (χ3v) is 4.12. The Kier molecular flexibility index (Phi) is 5.46. The van der Waals surface area contributed by atoms with Gasteiger partial charge in [0.05, 0.1) is 6.61 Å². The Labute approximate surface area is 127 Å². The summed E-state index contributed by atoms with van der Waals surface area (Å²) < 4.78 is 0.989. The number of benzene rings is 1. The third-order valence-electron chi connectivity index (χ3n) is 3.64. The fraction of sp³-hybridized carbons (Fsp3) is 0.467. The van der Waals surface area contributed by atoms with Gasteiger partial charge >= 0.3 is 0 Å². The molecule has 5 heteroatoms. The average molecular weight is 342 g/mol. The van der Waals surface area contributed by atoms with Gasteiger partial charge in [0.2, 0.25) is 0 Å². The molecule has 110 valence electrons. The number of likely N-dealkylation sites (tertiary alicyclic amines) is 1. The fourth-order valence-corrected chi connectivity index (χ4v) is 3.11. The standard InChI is InChI=1S/C15H20BrNO3/c16-12(7-11-4-5-14(19)15(20)8-11)9-17-6-2-1-3-13(17)10-18/h4-5,7-8,13,18-20H,1-3,6,9-10H2/b12-7-. The molecule has 0 saturated carbocycles. The monoisotopic (exact) mass is 341 g/mol. The Hall–Kier alpha value is -1.04. The van der Waals surface area contributed by atoms with Crippen LogP contribution in [0.5, 0.6) is 11.5 Å². The van der Waals surface area contributed by atoms with E-state index in [1.54, 1.807) is 6.07 Å². The molecule has 1 aromatic carbocycles. The summed E-state index contributed by atoms with van der Waals surface area (Å²) in [6.07, 6.45) is 5.30. The number of hydrogen-bond acceptors (Lipinski definition) is 4. The van der Waals surface area contributed by atoms with Crippen molar-refractivity contribution < 1.29 is 15.3 Å². The molecule has 1 fully saturated rings. The molecule has 1 aliphatic rings. The highest BCUT2D eigenvalue weighted by Gasteiger charge is 2.21. The van der Waals surface area contributed by atoms with Crippen LogP contribution < -0.4 is 0 Å². The van der Waals surface area contributed by atoms with Gasteiger partial charge in [0.1, 0.15) is 0 Å². The summed E-state index contributed by atoms with van der Waals surface area (Å²) >= 11 is 3.54. The van der Waals surface area contributed by atoms with Crippen LogP contribution in [0.1, 0.15) is 24.8 Å². The van der Waals surface area contributed by atoms with E-state index < -0.39 is 0 Å². The third kappa shape index (κ3) is 3.98. The summed E-state index contributed by atoms with van der Waals surface area (Å²) in [5.41, 5.74) is 0.824. The number of rotatable bonds is 4. The SMILES string of the molecule is OCC1CCCCN1C/C(Br)=C/c1ccc(O)c(O)c1. The fourth-order valence-electron chi connectivity index (χ4n) is 2.53. The minimum atomic E-state index is -0.120. The summed E-state index contributed by atoms with van der Waals surface area (Å²) in [5.74, 6) is -0.236. The summed E-state index contributed by atoms with van der Waals surface area (Å²) in [5, 5.41) is 28.2. The quantitative estimate of drug-likeness (QED) is 0.736. The highest BCUT2D eigenvalue weighted by atomic mass is 79.9. The molecule has 3 N–H and O–H groups in total. The van der Waals surface area contributed by atoms with E-state index >= 15 is 0 Å². The van der Waals surface area contributed by atoms with Crippen molar-refractivity contribution >= 4 is 22.0 Å². The molecule has 2 rings (SSSR count). The number of aliphatic hydroxyl groups excluding tert-OH is 1. The van der Waals surface area contributed by atoms with Gasteiger partial charge in [-0.2, -0.15) is 0 Å². The number of piperidine rings is 1. The maximum Gasteiger partial charge on any atom is 0.157 e. The molecule has 0 radical (unpaired) electrons. The van der Waals surface area contributed by atoms with E-state index in [2.05, 4.69) is 20.8 Å². The van der Waals surface area contributed by atoms with Crippen LogP contribution in [0.15, 0.2) is 22.7 Å². The highest BCUT2D eigenvalue weighted by molar-refractivity contribution is 9.11. The Morgan fingerprint density at radius 1 is 1.30 bits per heavy atom. The lowest BCUT2D eigenvalue weighted by atomic mass is 10.0. The smallest absolute Gasteiger partial charge is 0.157 e. The van der Waals surface area contributed by atoms with Crippen LogP contribution >= 0.6 is 15.9 Å². The summed E-state index contributed by atoms with van der Waals surface area (Å²) in [6.45, 7) is 1.93. The predicted octanol–water partition coefficient (Wildman–Crippen LogP) is 2.68. The molecule has 1 heterocycles. The highest BCUT2D eigenvalue weighted by Crippen LogP contribution is 2.27. The normalized spacial score (nSPS) is 21.1. The van der Waals surface area contributed by atoms with E-state index in [-0.39, 0.29) is 24.1 Å². The van der Waals surface area contributed by atoms with Crippen LogP contribution in [-0.2, 0) is 0 Å². The van der Waals surface area contributed by atoms with E-state index in [0.717, 1.165) is 36.0 Å². The first-order valence-electron chi connectivity index (χ1n) is 6.83. The maximum absolute atomic E-state index is 9.48. The van der Waals surface area contributed by atoms with Crippen LogP contribution in [0.25, 0.3) is 6.08 Å². The van der Waals surface area contributed by atoms with E-state index in [4.69, 9.17) is 0 Å². The molecule has 1 unspecified atom stereocenters. The van der Waals surface area contributed by atoms with Crippen molar-refractivity contribution in [1.29, 1.82) is 0 Å². The van der Waals surface area contributed by atoms with E-state index in [1.807, 2.05) is 6.08 Å². The summed E-state index contributed by atoms with van der Waals surface area (Å²) in [4.78, 5) is 2.27. The number of halogens is 1. The van der Waals surface area contributed by atoms with Gasteiger partial charge in [-0.3, -0.25) is 4.90 Å². The summed E-state index contributed by atoms with van der Waals surface area (Å²) in [7, 11) is 0. The van der Waals surface area contributed by atoms with Gasteiger partial charge in [-0.05, 0) is 43.2 Å². The Morgan fingerprint density at radius 2 is 2.10 bits per heavy atom. The second kappa shape index (κ2) is 7.11. The lowest BCUT2D eigenvalue weighted by molar-refractivity contribution is 0.100. The Bertz CT molecular complexity index is 490. The Balaban J connectivity index is 2.04. The summed E-state index contributed by atoms with van der Waals surface area (Å²) in [6, 6.07) is 4.98. The van der Waals surface area contributed by atoms with Gasteiger partial charge in [-0.15, -0.1) is 0 Å². The predicted molar refractivity (Wildman–Crippen MR) is 83.0 cm³/mol. The van der Waals surface area contributed by atoms with Crippen LogP contribution in [0.4, 0.5) is 0 Å². The molecular weight excluding hydrogens is 322 g/mol. The van der Waals surface area contributed by atoms with Crippen LogP contribution in [0.2, 0.25) is 0 Å². The van der Waals surface area contributed by atoms with Crippen molar-refractivity contribution in [3.63, 3.8) is 0 Å².